The Balaban J connectivity index is 3.64. The number of hydrogen-bond donors (Lipinski definition) is 1. The normalized spacial score (nSPS) is 15.0. The molecule has 0 saturated carbocycles. The summed E-state index contributed by atoms with van der Waals surface area (Å²) in [5.41, 5.74) is 0. The monoisotopic (exact) mass is 210 g/mol. The van der Waals surface area contributed by atoms with Gasteiger partial charge in [-0.2, -0.15) is 0 Å². The maximum Gasteiger partial charge on any atom is 0.306 e. The maximum absolute atomic E-state index is 11.3. The van der Waals surface area contributed by atoms with Gasteiger partial charge in [0.05, 0.1) is 13.0 Å². The third-order valence-electron chi connectivity index (χ3n) is 1.46. The quantitative estimate of drug-likeness (QED) is 0.509. The molecule has 0 aliphatic heterocycles. The Hall–Kier alpha value is -0.380. The molecule has 13 heavy (non-hydrogen) atoms. The van der Waals surface area contributed by atoms with E-state index in [2.05, 4.69) is 4.74 Å². The Morgan fingerprint density at radius 2 is 2.15 bits per heavy atom. The predicted molar refractivity (Wildman–Crippen MR) is 48.1 cm³/mol. The second kappa shape index (κ2) is 6.13. The van der Waals surface area contributed by atoms with Gasteiger partial charge in [-0.1, -0.05) is 0 Å². The van der Waals surface area contributed by atoms with Gasteiger partial charge in [0.15, 0.2) is 0 Å². The minimum absolute atomic E-state index is 0.0141. The highest BCUT2D eigenvalue weighted by atomic mass is 31.2. The van der Waals surface area contributed by atoms with E-state index in [0.717, 1.165) is 0 Å². The summed E-state index contributed by atoms with van der Waals surface area (Å²) in [5.74, 6) is -0.465. The van der Waals surface area contributed by atoms with Gasteiger partial charge >= 0.3 is 5.97 Å². The van der Waals surface area contributed by atoms with E-state index in [0.29, 0.717) is 0 Å². The van der Waals surface area contributed by atoms with Gasteiger partial charge in [-0.05, 0) is 0 Å². The number of carbonyl (C=O) groups is 1. The fraction of sp³-hybridized carbons (Fsp3) is 0.857. The molecule has 1 atom stereocenters. The van der Waals surface area contributed by atoms with Crippen molar-refractivity contribution in [1.29, 1.82) is 0 Å². The van der Waals surface area contributed by atoms with Crippen molar-refractivity contribution in [2.45, 2.75) is 6.42 Å². The van der Waals surface area contributed by atoms with Crippen LogP contribution in [0.5, 0.6) is 0 Å². The molecule has 0 aromatic heterocycles. The molecule has 6 heteroatoms. The minimum Gasteiger partial charge on any atom is -0.463 e. The Morgan fingerprint density at radius 1 is 1.54 bits per heavy atom. The molecule has 0 radical (unpaired) electrons. The predicted octanol–water partition coefficient (Wildman–Crippen LogP) is 0.466. The van der Waals surface area contributed by atoms with Crippen molar-refractivity contribution in [3.8, 4) is 0 Å². The van der Waals surface area contributed by atoms with Crippen LogP contribution in [0.2, 0.25) is 0 Å². The fourth-order valence-electron chi connectivity index (χ4n) is 0.617. The summed E-state index contributed by atoms with van der Waals surface area (Å²) in [6, 6.07) is 0. The third-order valence-corrected chi connectivity index (χ3v) is 3.27. The van der Waals surface area contributed by atoms with Gasteiger partial charge in [-0.25, -0.2) is 0 Å². The lowest BCUT2D eigenvalue weighted by Gasteiger charge is -2.09. The molecule has 0 spiro atoms. The number of rotatable bonds is 6. The molecule has 0 aliphatic carbocycles. The van der Waals surface area contributed by atoms with Crippen LogP contribution in [0.1, 0.15) is 6.42 Å². The summed E-state index contributed by atoms with van der Waals surface area (Å²) >= 11 is 0. The lowest BCUT2D eigenvalue weighted by atomic mass is 10.5. The van der Waals surface area contributed by atoms with E-state index in [4.69, 9.17) is 9.63 Å². The van der Waals surface area contributed by atoms with Crippen molar-refractivity contribution in [2.24, 2.45) is 0 Å². The lowest BCUT2D eigenvalue weighted by molar-refractivity contribution is -0.144. The molecule has 0 heterocycles. The van der Waals surface area contributed by atoms with Crippen molar-refractivity contribution in [3.05, 3.63) is 0 Å². The van der Waals surface area contributed by atoms with E-state index in [1.165, 1.54) is 13.8 Å². The number of ether oxygens (including phenoxy) is 1. The van der Waals surface area contributed by atoms with Gasteiger partial charge in [-0.3, -0.25) is 9.36 Å². The summed E-state index contributed by atoms with van der Waals surface area (Å²) in [4.78, 5) is 10.9. The topological polar surface area (TPSA) is 72.8 Å². The van der Waals surface area contributed by atoms with Gasteiger partial charge in [-0.15, -0.1) is 0 Å². The Bertz CT molecular complexity index is 203. The van der Waals surface area contributed by atoms with Crippen molar-refractivity contribution in [3.63, 3.8) is 0 Å². The van der Waals surface area contributed by atoms with Crippen molar-refractivity contribution in [2.75, 3.05) is 33.2 Å². The molecule has 0 aliphatic rings. The van der Waals surface area contributed by atoms with Crippen molar-refractivity contribution >= 4 is 13.3 Å². The second-order valence-corrected chi connectivity index (χ2v) is 5.45. The molecule has 0 amide bonds. The number of esters is 1. The molecule has 1 N–H and O–H groups in total. The molecule has 0 fully saturated rings. The lowest BCUT2D eigenvalue weighted by Crippen LogP contribution is -2.10. The molecular weight excluding hydrogens is 195 g/mol. The third kappa shape index (κ3) is 6.75. The number of aliphatic hydroxyl groups is 1. The van der Waals surface area contributed by atoms with Gasteiger partial charge in [0.1, 0.15) is 6.61 Å². The fourth-order valence-corrected chi connectivity index (χ4v) is 1.39. The summed E-state index contributed by atoms with van der Waals surface area (Å²) in [7, 11) is -1.28. The second-order valence-electron chi connectivity index (χ2n) is 2.61. The van der Waals surface area contributed by atoms with E-state index in [1.807, 2.05) is 0 Å². The molecule has 0 bridgehead atoms. The molecule has 5 nitrogen and oxygen atoms in total. The Morgan fingerprint density at radius 3 is 2.62 bits per heavy atom. The highest BCUT2D eigenvalue weighted by Crippen LogP contribution is 2.41. The van der Waals surface area contributed by atoms with Crippen molar-refractivity contribution in [1.82, 2.24) is 0 Å². The zero-order valence-corrected chi connectivity index (χ0v) is 8.75. The van der Waals surface area contributed by atoms with Crippen LogP contribution in [0.4, 0.5) is 0 Å². The highest BCUT2D eigenvalue weighted by Gasteiger charge is 2.16. The SMILES string of the molecule is COP(C)(=O)CCC(=O)OCCO. The molecule has 0 saturated heterocycles. The summed E-state index contributed by atoms with van der Waals surface area (Å²) in [5, 5.41) is 8.33. The zero-order valence-electron chi connectivity index (χ0n) is 7.86. The molecule has 1 unspecified atom stereocenters. The first kappa shape index (κ1) is 12.6. The molecule has 0 rings (SSSR count). The molecule has 78 valence electrons. The first-order valence-corrected chi connectivity index (χ1v) is 6.16. The summed E-state index contributed by atoms with van der Waals surface area (Å²) < 4.78 is 20.5. The maximum atomic E-state index is 11.3. The molecule has 0 aromatic carbocycles. The Kier molecular flexibility index (Phi) is 5.95. The zero-order chi connectivity index (χ0) is 10.3. The average molecular weight is 210 g/mol. The average Bonchev–Trinajstić information content (AvgIpc) is 2.11. The Labute approximate surface area is 77.5 Å². The number of carbonyl (C=O) groups excluding carboxylic acids is 1. The van der Waals surface area contributed by atoms with Crippen LogP contribution in [-0.4, -0.2) is 44.2 Å². The first-order valence-electron chi connectivity index (χ1n) is 3.90. The molecule has 0 aromatic rings. The highest BCUT2D eigenvalue weighted by molar-refractivity contribution is 7.58. The van der Waals surface area contributed by atoms with Crippen LogP contribution in [-0.2, 0) is 18.6 Å². The summed E-state index contributed by atoms with van der Waals surface area (Å²) in [6.45, 7) is 1.26. The van der Waals surface area contributed by atoms with Crippen LogP contribution in [0.25, 0.3) is 0 Å². The smallest absolute Gasteiger partial charge is 0.306 e. The van der Waals surface area contributed by atoms with Gasteiger partial charge in [0.2, 0.25) is 7.37 Å². The van der Waals surface area contributed by atoms with Crippen LogP contribution >= 0.6 is 7.37 Å². The standard InChI is InChI=1S/C7H15O5P/c1-11-13(2,10)6-3-7(9)12-5-4-8/h8H,3-6H2,1-2H3. The van der Waals surface area contributed by atoms with E-state index in [9.17, 15) is 9.36 Å². The van der Waals surface area contributed by atoms with Crippen LogP contribution in [0.15, 0.2) is 0 Å². The van der Waals surface area contributed by atoms with Gasteiger partial charge in [0, 0.05) is 19.9 Å². The van der Waals surface area contributed by atoms with E-state index >= 15 is 0 Å². The largest absolute Gasteiger partial charge is 0.463 e. The van der Waals surface area contributed by atoms with Crippen LogP contribution in [0, 0.1) is 0 Å². The molecular formula is C7H15O5P. The van der Waals surface area contributed by atoms with Crippen LogP contribution < -0.4 is 0 Å². The van der Waals surface area contributed by atoms with Crippen LogP contribution in [0.3, 0.4) is 0 Å². The number of aliphatic hydroxyl groups excluding tert-OH is 1. The van der Waals surface area contributed by atoms with E-state index in [1.54, 1.807) is 0 Å². The number of hydrogen-bond acceptors (Lipinski definition) is 5. The summed E-state index contributed by atoms with van der Waals surface area (Å²) in [6.07, 6.45) is 0.232. The van der Waals surface area contributed by atoms with Gasteiger partial charge in [0.25, 0.3) is 0 Å². The van der Waals surface area contributed by atoms with E-state index in [-0.39, 0.29) is 25.8 Å². The van der Waals surface area contributed by atoms with E-state index < -0.39 is 13.3 Å². The van der Waals surface area contributed by atoms with Crippen molar-refractivity contribution < 1.29 is 23.7 Å². The first-order chi connectivity index (χ1) is 6.02. The minimum atomic E-state index is -2.62. The van der Waals surface area contributed by atoms with Gasteiger partial charge < -0.3 is 14.4 Å².